The van der Waals surface area contributed by atoms with Crippen LogP contribution in [0.5, 0.6) is 0 Å². The fourth-order valence-corrected chi connectivity index (χ4v) is 1.89. The number of ether oxygens (including phenoxy) is 1. The second kappa shape index (κ2) is 6.46. The van der Waals surface area contributed by atoms with Crippen molar-refractivity contribution in [2.45, 2.75) is 18.9 Å². The van der Waals surface area contributed by atoms with E-state index in [1.54, 1.807) is 0 Å². The minimum absolute atomic E-state index is 0.435. The van der Waals surface area contributed by atoms with Gasteiger partial charge in [0, 0.05) is 19.7 Å². The van der Waals surface area contributed by atoms with Crippen LogP contribution in [0.3, 0.4) is 0 Å². The molecule has 1 atom stereocenters. The summed E-state index contributed by atoms with van der Waals surface area (Å²) in [4.78, 5) is 0. The maximum atomic E-state index is 5.53. The molecule has 1 aromatic rings. The first-order chi connectivity index (χ1) is 7.95. The van der Waals surface area contributed by atoms with Gasteiger partial charge in [-0.05, 0) is 18.4 Å². The Labute approximate surface area is 97.3 Å². The van der Waals surface area contributed by atoms with Crippen molar-refractivity contribution in [2.75, 3.05) is 19.7 Å². The van der Waals surface area contributed by atoms with E-state index >= 15 is 0 Å². The van der Waals surface area contributed by atoms with Gasteiger partial charge in [-0.3, -0.25) is 0 Å². The average molecular weight is 217 g/mol. The van der Waals surface area contributed by atoms with Gasteiger partial charge in [-0.1, -0.05) is 42.5 Å². The van der Waals surface area contributed by atoms with Crippen LogP contribution in [0.25, 0.3) is 6.08 Å². The standard InChI is InChI=1S/C14H19NO/c1-2-6-13(7-3-1)8-4-10-15-12-14-9-5-11-16-14/h1-4,6-8,14-15H,5,9-12H2/b8-4+/t14-/m1/s1. The van der Waals surface area contributed by atoms with Crippen molar-refractivity contribution < 1.29 is 4.74 Å². The average Bonchev–Trinajstić information content (AvgIpc) is 2.83. The highest BCUT2D eigenvalue weighted by molar-refractivity contribution is 5.48. The molecule has 0 saturated carbocycles. The van der Waals surface area contributed by atoms with E-state index in [2.05, 4.69) is 41.7 Å². The van der Waals surface area contributed by atoms with Gasteiger partial charge in [0.2, 0.25) is 0 Å². The Morgan fingerprint density at radius 3 is 2.94 bits per heavy atom. The van der Waals surface area contributed by atoms with Crippen LogP contribution in [-0.2, 0) is 4.74 Å². The van der Waals surface area contributed by atoms with Crippen molar-refractivity contribution in [3.8, 4) is 0 Å². The molecule has 2 heteroatoms. The summed E-state index contributed by atoms with van der Waals surface area (Å²) in [5, 5.41) is 3.39. The van der Waals surface area contributed by atoms with E-state index in [4.69, 9.17) is 4.74 Å². The third-order valence-corrected chi connectivity index (χ3v) is 2.77. The Morgan fingerprint density at radius 2 is 2.19 bits per heavy atom. The summed E-state index contributed by atoms with van der Waals surface area (Å²) in [7, 11) is 0. The molecule has 1 aliphatic heterocycles. The highest BCUT2D eigenvalue weighted by atomic mass is 16.5. The molecule has 0 aromatic heterocycles. The molecule has 1 N–H and O–H groups in total. The molecule has 0 bridgehead atoms. The van der Waals surface area contributed by atoms with E-state index in [1.165, 1.54) is 18.4 Å². The van der Waals surface area contributed by atoms with Gasteiger partial charge in [-0.25, -0.2) is 0 Å². The fourth-order valence-electron chi connectivity index (χ4n) is 1.89. The van der Waals surface area contributed by atoms with Crippen molar-refractivity contribution in [2.24, 2.45) is 0 Å². The highest BCUT2D eigenvalue weighted by Crippen LogP contribution is 2.10. The van der Waals surface area contributed by atoms with Gasteiger partial charge in [0.15, 0.2) is 0 Å². The lowest BCUT2D eigenvalue weighted by Crippen LogP contribution is -2.26. The topological polar surface area (TPSA) is 21.3 Å². The van der Waals surface area contributed by atoms with E-state index in [0.29, 0.717) is 6.10 Å². The molecule has 1 aliphatic rings. The molecule has 0 radical (unpaired) electrons. The Balaban J connectivity index is 1.62. The molecule has 1 heterocycles. The largest absolute Gasteiger partial charge is 0.377 e. The predicted molar refractivity (Wildman–Crippen MR) is 67.3 cm³/mol. The van der Waals surface area contributed by atoms with E-state index in [0.717, 1.165) is 19.7 Å². The van der Waals surface area contributed by atoms with Gasteiger partial charge in [0.25, 0.3) is 0 Å². The van der Waals surface area contributed by atoms with Crippen LogP contribution in [0.2, 0.25) is 0 Å². The van der Waals surface area contributed by atoms with Gasteiger partial charge in [-0.15, -0.1) is 0 Å². The lowest BCUT2D eigenvalue weighted by Gasteiger charge is -2.08. The Morgan fingerprint density at radius 1 is 1.31 bits per heavy atom. The van der Waals surface area contributed by atoms with Crippen molar-refractivity contribution >= 4 is 6.08 Å². The van der Waals surface area contributed by atoms with Crippen LogP contribution in [0.4, 0.5) is 0 Å². The first-order valence-corrected chi connectivity index (χ1v) is 5.99. The zero-order chi connectivity index (χ0) is 11.1. The second-order valence-corrected chi connectivity index (χ2v) is 4.11. The summed E-state index contributed by atoms with van der Waals surface area (Å²) in [6, 6.07) is 10.4. The van der Waals surface area contributed by atoms with Crippen molar-refractivity contribution in [3.05, 3.63) is 42.0 Å². The number of nitrogens with one attached hydrogen (secondary N) is 1. The molecule has 0 unspecified atom stereocenters. The minimum Gasteiger partial charge on any atom is -0.377 e. The summed E-state index contributed by atoms with van der Waals surface area (Å²) in [5.74, 6) is 0. The molecule has 1 aromatic carbocycles. The molecule has 16 heavy (non-hydrogen) atoms. The van der Waals surface area contributed by atoms with Gasteiger partial charge in [0.05, 0.1) is 6.10 Å². The maximum Gasteiger partial charge on any atom is 0.0700 e. The molecule has 86 valence electrons. The summed E-state index contributed by atoms with van der Waals surface area (Å²) in [6.07, 6.45) is 7.15. The molecule has 0 spiro atoms. The van der Waals surface area contributed by atoms with Crippen LogP contribution in [0, 0.1) is 0 Å². The van der Waals surface area contributed by atoms with Gasteiger partial charge in [0.1, 0.15) is 0 Å². The molecule has 0 aliphatic carbocycles. The quantitative estimate of drug-likeness (QED) is 0.765. The van der Waals surface area contributed by atoms with Gasteiger partial charge in [-0.2, -0.15) is 0 Å². The monoisotopic (exact) mass is 217 g/mol. The third kappa shape index (κ3) is 3.80. The van der Waals surface area contributed by atoms with Crippen LogP contribution >= 0.6 is 0 Å². The third-order valence-electron chi connectivity index (χ3n) is 2.77. The maximum absolute atomic E-state index is 5.53. The Hall–Kier alpha value is -1.12. The van der Waals surface area contributed by atoms with Crippen LogP contribution in [0.15, 0.2) is 36.4 Å². The van der Waals surface area contributed by atoms with Crippen LogP contribution < -0.4 is 5.32 Å². The zero-order valence-corrected chi connectivity index (χ0v) is 9.56. The molecule has 2 nitrogen and oxygen atoms in total. The molecule has 1 fully saturated rings. The number of hydrogen-bond donors (Lipinski definition) is 1. The first-order valence-electron chi connectivity index (χ1n) is 5.99. The molecular weight excluding hydrogens is 198 g/mol. The normalized spacial score (nSPS) is 20.6. The Bertz CT molecular complexity index is 315. The number of benzene rings is 1. The molecule has 1 saturated heterocycles. The van der Waals surface area contributed by atoms with Crippen molar-refractivity contribution in [1.82, 2.24) is 5.32 Å². The van der Waals surface area contributed by atoms with E-state index < -0.39 is 0 Å². The SMILES string of the molecule is C(=C\c1ccccc1)/CNC[C@H]1CCCO1. The summed E-state index contributed by atoms with van der Waals surface area (Å²) >= 11 is 0. The second-order valence-electron chi connectivity index (χ2n) is 4.11. The van der Waals surface area contributed by atoms with Gasteiger partial charge < -0.3 is 10.1 Å². The summed E-state index contributed by atoms with van der Waals surface area (Å²) < 4.78 is 5.53. The van der Waals surface area contributed by atoms with E-state index in [1.807, 2.05) is 6.07 Å². The fraction of sp³-hybridized carbons (Fsp3) is 0.429. The van der Waals surface area contributed by atoms with Gasteiger partial charge >= 0.3 is 0 Å². The number of rotatable bonds is 5. The Kier molecular flexibility index (Phi) is 4.59. The van der Waals surface area contributed by atoms with Crippen molar-refractivity contribution in [3.63, 3.8) is 0 Å². The minimum atomic E-state index is 0.435. The highest BCUT2D eigenvalue weighted by Gasteiger charge is 2.13. The van der Waals surface area contributed by atoms with Crippen LogP contribution in [-0.4, -0.2) is 25.8 Å². The predicted octanol–water partition coefficient (Wildman–Crippen LogP) is 2.47. The number of hydrogen-bond acceptors (Lipinski definition) is 2. The first kappa shape index (κ1) is 11.4. The lowest BCUT2D eigenvalue weighted by molar-refractivity contribution is 0.111. The molecule has 0 amide bonds. The van der Waals surface area contributed by atoms with Crippen LogP contribution in [0.1, 0.15) is 18.4 Å². The molecule has 2 rings (SSSR count). The smallest absolute Gasteiger partial charge is 0.0700 e. The molecular formula is C14H19NO. The summed E-state index contributed by atoms with van der Waals surface area (Å²) in [6.45, 7) is 2.82. The van der Waals surface area contributed by atoms with E-state index in [9.17, 15) is 0 Å². The van der Waals surface area contributed by atoms with Crippen molar-refractivity contribution in [1.29, 1.82) is 0 Å². The van der Waals surface area contributed by atoms with E-state index in [-0.39, 0.29) is 0 Å². The lowest BCUT2D eigenvalue weighted by atomic mass is 10.2. The zero-order valence-electron chi connectivity index (χ0n) is 9.56. The summed E-state index contributed by atoms with van der Waals surface area (Å²) in [5.41, 5.74) is 1.25.